The molecular weight excluding hydrogens is 264 g/mol. The summed E-state index contributed by atoms with van der Waals surface area (Å²) in [6.45, 7) is 10.9. The lowest BCUT2D eigenvalue weighted by Gasteiger charge is -2.29. The zero-order valence-electron chi connectivity index (χ0n) is 12.4. The number of epoxide rings is 1. The van der Waals surface area contributed by atoms with Gasteiger partial charge in [0, 0.05) is 19.8 Å². The van der Waals surface area contributed by atoms with Crippen molar-refractivity contribution in [2.75, 3.05) is 33.0 Å². The van der Waals surface area contributed by atoms with E-state index < -0.39 is 8.80 Å². The average molecular weight is 290 g/mol. The van der Waals surface area contributed by atoms with Crippen LogP contribution in [0.4, 0.5) is 0 Å². The van der Waals surface area contributed by atoms with Gasteiger partial charge in [0.1, 0.15) is 12.7 Å². The second-order valence-corrected chi connectivity index (χ2v) is 6.77. The molecule has 1 unspecified atom stereocenters. The molecule has 0 saturated carbocycles. The van der Waals surface area contributed by atoms with Crippen LogP contribution in [0, 0.1) is 0 Å². The van der Waals surface area contributed by atoms with E-state index in [1.54, 1.807) is 0 Å². The lowest BCUT2D eigenvalue weighted by atomic mass is 10.5. The van der Waals surface area contributed by atoms with E-state index in [0.717, 1.165) is 12.4 Å². The molecule has 0 aromatic carbocycles. The molecule has 1 saturated heterocycles. The predicted molar refractivity (Wildman–Crippen MR) is 74.9 cm³/mol. The van der Waals surface area contributed by atoms with Crippen molar-refractivity contribution >= 4 is 8.80 Å². The van der Waals surface area contributed by atoms with Crippen LogP contribution in [0.3, 0.4) is 0 Å². The largest absolute Gasteiger partial charge is 0.508 e. The normalized spacial score (nSPS) is 19.6. The van der Waals surface area contributed by atoms with Crippen LogP contribution in [-0.4, -0.2) is 47.9 Å². The maximum absolute atomic E-state index is 5.81. The Kier molecular flexibility index (Phi) is 7.63. The number of rotatable bonds is 11. The van der Waals surface area contributed by atoms with Gasteiger partial charge in [0.05, 0.1) is 18.4 Å². The summed E-state index contributed by atoms with van der Waals surface area (Å²) in [6.07, 6.45) is 2.19. The zero-order chi connectivity index (χ0) is 14.1. The molecule has 1 rings (SSSR count). The first-order valence-corrected chi connectivity index (χ1v) is 8.94. The Labute approximate surface area is 117 Å². The van der Waals surface area contributed by atoms with Gasteiger partial charge >= 0.3 is 8.80 Å². The van der Waals surface area contributed by atoms with Crippen LogP contribution in [0.15, 0.2) is 11.8 Å². The second-order valence-electron chi connectivity index (χ2n) is 4.18. The quantitative estimate of drug-likeness (QED) is 0.332. The summed E-state index contributed by atoms with van der Waals surface area (Å²) >= 11 is 0. The first-order chi connectivity index (χ1) is 9.19. The third kappa shape index (κ3) is 6.05. The highest BCUT2D eigenvalue weighted by Gasteiger charge is 2.42. The molecule has 0 spiro atoms. The molecule has 0 aromatic heterocycles. The van der Waals surface area contributed by atoms with Crippen molar-refractivity contribution in [3.63, 3.8) is 0 Å². The number of hydrogen-bond donors (Lipinski definition) is 0. The minimum atomic E-state index is -2.67. The standard InChI is InChI=1S/C13H26O5Si/c1-5-12(14-9-13-10-15-13)11-19(16-6-2,17-7-3)18-8-4/h5,13H,6-11H2,1-4H3/b12-5-. The minimum Gasteiger partial charge on any atom is -0.496 e. The van der Waals surface area contributed by atoms with Gasteiger partial charge in [-0.25, -0.2) is 0 Å². The van der Waals surface area contributed by atoms with Crippen LogP contribution >= 0.6 is 0 Å². The lowest BCUT2D eigenvalue weighted by molar-refractivity contribution is 0.0672. The number of allylic oxidation sites excluding steroid dienone is 2. The van der Waals surface area contributed by atoms with E-state index in [9.17, 15) is 0 Å². The summed E-state index contributed by atoms with van der Waals surface area (Å²) in [5, 5.41) is 0. The van der Waals surface area contributed by atoms with E-state index in [1.807, 2.05) is 33.8 Å². The fraction of sp³-hybridized carbons (Fsp3) is 0.846. The summed E-state index contributed by atoms with van der Waals surface area (Å²) < 4.78 is 28.3. The Morgan fingerprint density at radius 2 is 1.68 bits per heavy atom. The van der Waals surface area contributed by atoms with Gasteiger partial charge in [-0.15, -0.1) is 0 Å². The Morgan fingerprint density at radius 3 is 2.05 bits per heavy atom. The van der Waals surface area contributed by atoms with E-state index in [4.69, 9.17) is 22.8 Å². The highest BCUT2D eigenvalue weighted by molar-refractivity contribution is 6.61. The molecule has 0 bridgehead atoms. The van der Waals surface area contributed by atoms with E-state index in [1.165, 1.54) is 0 Å². The zero-order valence-corrected chi connectivity index (χ0v) is 13.4. The molecule has 1 fully saturated rings. The fourth-order valence-electron chi connectivity index (χ4n) is 1.75. The molecule has 6 heteroatoms. The Balaban J connectivity index is 2.59. The predicted octanol–water partition coefficient (Wildman–Crippen LogP) is 2.35. The first kappa shape index (κ1) is 16.7. The summed E-state index contributed by atoms with van der Waals surface area (Å²) in [5.74, 6) is 0.859. The Bertz CT molecular complexity index is 261. The topological polar surface area (TPSA) is 49.5 Å². The molecule has 0 N–H and O–H groups in total. The van der Waals surface area contributed by atoms with Crippen LogP contribution in [0.25, 0.3) is 0 Å². The molecule has 112 valence electrons. The van der Waals surface area contributed by atoms with Crippen molar-refractivity contribution in [1.29, 1.82) is 0 Å². The molecule has 0 radical (unpaired) electrons. The molecule has 1 aliphatic heterocycles. The summed E-state index contributed by atoms with van der Waals surface area (Å²) in [5.41, 5.74) is 0. The summed E-state index contributed by atoms with van der Waals surface area (Å²) in [7, 11) is -2.67. The second kappa shape index (κ2) is 8.71. The highest BCUT2D eigenvalue weighted by Crippen LogP contribution is 2.23. The fourth-order valence-corrected chi connectivity index (χ4v) is 4.36. The third-order valence-electron chi connectivity index (χ3n) is 2.66. The van der Waals surface area contributed by atoms with Gasteiger partial charge in [0.25, 0.3) is 0 Å². The molecular formula is C13H26O5Si. The van der Waals surface area contributed by atoms with Crippen molar-refractivity contribution in [2.24, 2.45) is 0 Å². The smallest absolute Gasteiger partial charge is 0.496 e. The van der Waals surface area contributed by atoms with E-state index in [0.29, 0.717) is 32.5 Å². The Morgan fingerprint density at radius 1 is 1.16 bits per heavy atom. The van der Waals surface area contributed by atoms with Gasteiger partial charge in [0.2, 0.25) is 0 Å². The van der Waals surface area contributed by atoms with Crippen LogP contribution in [0.5, 0.6) is 0 Å². The van der Waals surface area contributed by atoms with Crippen molar-refractivity contribution in [1.82, 2.24) is 0 Å². The van der Waals surface area contributed by atoms with Gasteiger partial charge in [-0.1, -0.05) is 0 Å². The van der Waals surface area contributed by atoms with Crippen molar-refractivity contribution in [3.8, 4) is 0 Å². The number of ether oxygens (including phenoxy) is 2. The van der Waals surface area contributed by atoms with Crippen LogP contribution in [0.1, 0.15) is 27.7 Å². The average Bonchev–Trinajstić information content (AvgIpc) is 3.19. The van der Waals surface area contributed by atoms with Gasteiger partial charge < -0.3 is 22.8 Å². The Hall–Kier alpha value is -0.403. The van der Waals surface area contributed by atoms with Gasteiger partial charge in [-0.3, -0.25) is 0 Å². The van der Waals surface area contributed by atoms with E-state index >= 15 is 0 Å². The maximum Gasteiger partial charge on any atom is 0.508 e. The molecule has 1 aliphatic rings. The molecule has 19 heavy (non-hydrogen) atoms. The van der Waals surface area contributed by atoms with E-state index in [2.05, 4.69) is 0 Å². The van der Waals surface area contributed by atoms with Crippen LogP contribution in [-0.2, 0) is 22.8 Å². The molecule has 0 aromatic rings. The molecule has 1 atom stereocenters. The monoisotopic (exact) mass is 290 g/mol. The van der Waals surface area contributed by atoms with Gasteiger partial charge in [0.15, 0.2) is 0 Å². The maximum atomic E-state index is 5.81. The highest BCUT2D eigenvalue weighted by atomic mass is 28.4. The molecule has 0 amide bonds. The summed E-state index contributed by atoms with van der Waals surface area (Å²) in [4.78, 5) is 0. The SMILES string of the molecule is C/C=C(/C[Si](OCC)(OCC)OCC)OCC1CO1. The number of hydrogen-bond acceptors (Lipinski definition) is 5. The summed E-state index contributed by atoms with van der Waals surface area (Å²) in [6, 6.07) is 0.575. The van der Waals surface area contributed by atoms with Gasteiger partial charge in [-0.2, -0.15) is 0 Å². The van der Waals surface area contributed by atoms with Crippen molar-refractivity contribution < 1.29 is 22.8 Å². The van der Waals surface area contributed by atoms with Crippen LogP contribution < -0.4 is 0 Å². The third-order valence-corrected chi connectivity index (χ3v) is 5.63. The van der Waals surface area contributed by atoms with Gasteiger partial charge in [-0.05, 0) is 33.8 Å². The molecule has 1 heterocycles. The lowest BCUT2D eigenvalue weighted by Crippen LogP contribution is -2.46. The first-order valence-electron chi connectivity index (χ1n) is 7.01. The minimum absolute atomic E-state index is 0.247. The van der Waals surface area contributed by atoms with E-state index in [-0.39, 0.29) is 6.10 Å². The van der Waals surface area contributed by atoms with Crippen molar-refractivity contribution in [3.05, 3.63) is 11.8 Å². The van der Waals surface area contributed by atoms with Crippen molar-refractivity contribution in [2.45, 2.75) is 39.8 Å². The van der Waals surface area contributed by atoms with Crippen LogP contribution in [0.2, 0.25) is 6.04 Å². The molecule has 0 aliphatic carbocycles. The molecule has 5 nitrogen and oxygen atoms in total.